The van der Waals surface area contributed by atoms with Crippen LogP contribution in [0.15, 0.2) is 84.9 Å². The van der Waals surface area contributed by atoms with Crippen molar-refractivity contribution in [3.8, 4) is 6.07 Å². The number of benzene rings is 4. The van der Waals surface area contributed by atoms with Crippen molar-refractivity contribution in [3.05, 3.63) is 96.1 Å². The van der Waals surface area contributed by atoms with Gasteiger partial charge in [0.15, 0.2) is 0 Å². The van der Waals surface area contributed by atoms with Gasteiger partial charge >= 0.3 is 0 Å². The first-order chi connectivity index (χ1) is 12.3. The van der Waals surface area contributed by atoms with Crippen LogP contribution < -0.4 is 0 Å². The molecule has 0 fully saturated rings. The van der Waals surface area contributed by atoms with Crippen molar-refractivity contribution in [2.45, 2.75) is 12.0 Å². The molecular formula is C23H17NO. The molecule has 25 heavy (non-hydrogen) atoms. The highest BCUT2D eigenvalue weighted by atomic mass is 16.3. The van der Waals surface area contributed by atoms with E-state index in [1.165, 1.54) is 0 Å². The van der Waals surface area contributed by atoms with Crippen LogP contribution in [-0.4, -0.2) is 5.11 Å². The maximum absolute atomic E-state index is 11.1. The second kappa shape index (κ2) is 6.39. The van der Waals surface area contributed by atoms with E-state index in [9.17, 15) is 10.4 Å². The van der Waals surface area contributed by atoms with Crippen molar-refractivity contribution in [1.82, 2.24) is 0 Å². The van der Waals surface area contributed by atoms with E-state index in [1.54, 1.807) is 0 Å². The summed E-state index contributed by atoms with van der Waals surface area (Å²) in [6.45, 7) is 0. The summed E-state index contributed by atoms with van der Waals surface area (Å²) in [4.78, 5) is 0. The first-order valence-electron chi connectivity index (χ1n) is 8.32. The van der Waals surface area contributed by atoms with Gasteiger partial charge < -0.3 is 5.11 Å². The Labute approximate surface area is 146 Å². The molecule has 4 aromatic rings. The van der Waals surface area contributed by atoms with Gasteiger partial charge in [-0.15, -0.1) is 0 Å². The van der Waals surface area contributed by atoms with Crippen molar-refractivity contribution < 1.29 is 5.11 Å². The number of hydrogen-bond acceptors (Lipinski definition) is 2. The number of fused-ring (bicyclic) bond motifs is 2. The highest BCUT2D eigenvalue weighted by Crippen LogP contribution is 2.37. The van der Waals surface area contributed by atoms with E-state index in [0.29, 0.717) is 0 Å². The van der Waals surface area contributed by atoms with Crippen molar-refractivity contribution in [2.24, 2.45) is 0 Å². The third-order valence-corrected chi connectivity index (χ3v) is 4.76. The summed E-state index contributed by atoms with van der Waals surface area (Å²) in [6, 6.07) is 30.0. The SMILES string of the molecule is N#C[C@@H](c1cccc2ccccc12)[C@@H](O)c1cccc2ccccc12. The van der Waals surface area contributed by atoms with Gasteiger partial charge in [-0.25, -0.2) is 0 Å². The van der Waals surface area contributed by atoms with Gasteiger partial charge in [-0.1, -0.05) is 84.9 Å². The average Bonchev–Trinajstić information content (AvgIpc) is 2.68. The third-order valence-electron chi connectivity index (χ3n) is 4.76. The minimum atomic E-state index is -0.887. The number of hydrogen-bond donors (Lipinski definition) is 1. The fourth-order valence-electron chi connectivity index (χ4n) is 3.52. The Hall–Kier alpha value is -3.15. The van der Waals surface area contributed by atoms with Gasteiger partial charge in [-0.2, -0.15) is 5.26 Å². The van der Waals surface area contributed by atoms with Crippen molar-refractivity contribution >= 4 is 21.5 Å². The Kier molecular flexibility index (Phi) is 3.93. The highest BCUT2D eigenvalue weighted by molar-refractivity contribution is 5.88. The molecule has 2 heteroatoms. The van der Waals surface area contributed by atoms with Crippen LogP contribution in [0.1, 0.15) is 23.1 Å². The first kappa shape index (κ1) is 15.4. The van der Waals surface area contributed by atoms with Gasteiger partial charge in [0.2, 0.25) is 0 Å². The maximum Gasteiger partial charge on any atom is 0.102 e. The number of aliphatic hydroxyl groups excluding tert-OH is 1. The van der Waals surface area contributed by atoms with Crippen LogP contribution in [-0.2, 0) is 0 Å². The molecule has 2 nitrogen and oxygen atoms in total. The number of aliphatic hydroxyl groups is 1. The van der Waals surface area contributed by atoms with Gasteiger partial charge in [0.1, 0.15) is 5.92 Å². The minimum absolute atomic E-state index is 0.628. The lowest BCUT2D eigenvalue weighted by Gasteiger charge is -2.20. The van der Waals surface area contributed by atoms with Crippen LogP contribution in [0.4, 0.5) is 0 Å². The smallest absolute Gasteiger partial charge is 0.102 e. The molecule has 4 aromatic carbocycles. The number of rotatable bonds is 3. The predicted octanol–water partition coefficient (Wildman–Crippen LogP) is 5.33. The average molecular weight is 323 g/mol. The standard InChI is InChI=1S/C23H17NO/c24-15-22(20-13-5-9-16-7-1-3-11-18(16)20)23(25)21-14-6-10-17-8-2-4-12-19(17)21/h1-14,22-23,25H/t22-,23-/m0/s1. The molecule has 2 atom stereocenters. The van der Waals surface area contributed by atoms with Crippen LogP contribution >= 0.6 is 0 Å². The van der Waals surface area contributed by atoms with Crippen molar-refractivity contribution in [3.63, 3.8) is 0 Å². The molecule has 1 N–H and O–H groups in total. The largest absolute Gasteiger partial charge is 0.387 e. The zero-order valence-corrected chi connectivity index (χ0v) is 13.6. The molecule has 0 saturated carbocycles. The molecule has 0 radical (unpaired) electrons. The second-order valence-corrected chi connectivity index (χ2v) is 6.19. The van der Waals surface area contributed by atoms with E-state index in [1.807, 2.05) is 84.9 Å². The quantitative estimate of drug-likeness (QED) is 0.553. The Morgan fingerprint density at radius 1 is 0.640 bits per heavy atom. The molecule has 120 valence electrons. The highest BCUT2D eigenvalue weighted by Gasteiger charge is 2.25. The van der Waals surface area contributed by atoms with Gasteiger partial charge in [0.25, 0.3) is 0 Å². The molecule has 0 aliphatic heterocycles. The van der Waals surface area contributed by atoms with Crippen LogP contribution in [0.2, 0.25) is 0 Å². The summed E-state index contributed by atoms with van der Waals surface area (Å²) >= 11 is 0. The van der Waals surface area contributed by atoms with Crippen LogP contribution in [0.3, 0.4) is 0 Å². The Bertz CT molecular complexity index is 1080. The fraction of sp³-hybridized carbons (Fsp3) is 0.0870. The Balaban J connectivity index is 1.87. The molecule has 0 saturated heterocycles. The lowest BCUT2D eigenvalue weighted by molar-refractivity contribution is 0.166. The Morgan fingerprint density at radius 2 is 1.12 bits per heavy atom. The predicted molar refractivity (Wildman–Crippen MR) is 101 cm³/mol. The Morgan fingerprint density at radius 3 is 1.72 bits per heavy atom. The molecule has 0 aliphatic carbocycles. The summed E-state index contributed by atoms with van der Waals surface area (Å²) < 4.78 is 0. The monoisotopic (exact) mass is 323 g/mol. The molecule has 0 aliphatic rings. The lowest BCUT2D eigenvalue weighted by Crippen LogP contribution is -2.10. The molecule has 0 spiro atoms. The van der Waals surface area contributed by atoms with Crippen molar-refractivity contribution in [2.75, 3.05) is 0 Å². The van der Waals surface area contributed by atoms with Crippen LogP contribution in [0.25, 0.3) is 21.5 Å². The summed E-state index contributed by atoms with van der Waals surface area (Å²) in [5.74, 6) is -0.628. The fourth-order valence-corrected chi connectivity index (χ4v) is 3.52. The second-order valence-electron chi connectivity index (χ2n) is 6.19. The normalized spacial score (nSPS) is 13.4. The van der Waals surface area contributed by atoms with Gasteiger partial charge in [-0.05, 0) is 32.7 Å². The molecule has 0 heterocycles. The van der Waals surface area contributed by atoms with E-state index < -0.39 is 12.0 Å². The van der Waals surface area contributed by atoms with Crippen LogP contribution in [0.5, 0.6) is 0 Å². The maximum atomic E-state index is 11.1. The van der Waals surface area contributed by atoms with Gasteiger partial charge in [0, 0.05) is 0 Å². The first-order valence-corrected chi connectivity index (χ1v) is 8.32. The van der Waals surface area contributed by atoms with Gasteiger partial charge in [0.05, 0.1) is 12.2 Å². The molecule has 0 unspecified atom stereocenters. The third kappa shape index (κ3) is 2.65. The number of nitriles is 1. The topological polar surface area (TPSA) is 44.0 Å². The number of nitrogens with zero attached hydrogens (tertiary/aromatic N) is 1. The molecule has 4 rings (SSSR count). The lowest BCUT2D eigenvalue weighted by atomic mass is 9.85. The summed E-state index contributed by atoms with van der Waals surface area (Å²) in [5.41, 5.74) is 1.65. The molecule has 0 amide bonds. The minimum Gasteiger partial charge on any atom is -0.387 e. The zero-order chi connectivity index (χ0) is 17.2. The summed E-state index contributed by atoms with van der Waals surface area (Å²) in [5, 5.41) is 25.0. The van der Waals surface area contributed by atoms with Crippen LogP contribution in [0, 0.1) is 11.3 Å². The summed E-state index contributed by atoms with van der Waals surface area (Å²) in [6.07, 6.45) is -0.887. The molecular weight excluding hydrogens is 306 g/mol. The van der Waals surface area contributed by atoms with E-state index in [0.717, 1.165) is 32.7 Å². The molecule has 0 aromatic heterocycles. The van der Waals surface area contributed by atoms with Crippen molar-refractivity contribution in [1.29, 1.82) is 5.26 Å². The zero-order valence-electron chi connectivity index (χ0n) is 13.6. The van der Waals surface area contributed by atoms with E-state index in [4.69, 9.17) is 0 Å². The van der Waals surface area contributed by atoms with E-state index >= 15 is 0 Å². The van der Waals surface area contributed by atoms with E-state index in [2.05, 4.69) is 6.07 Å². The molecule has 0 bridgehead atoms. The van der Waals surface area contributed by atoms with E-state index in [-0.39, 0.29) is 0 Å². The summed E-state index contributed by atoms with van der Waals surface area (Å²) in [7, 11) is 0. The van der Waals surface area contributed by atoms with Gasteiger partial charge in [-0.3, -0.25) is 0 Å².